The number of amides is 2. The van der Waals surface area contributed by atoms with Gasteiger partial charge < -0.3 is 10.2 Å². The van der Waals surface area contributed by atoms with E-state index in [0.29, 0.717) is 10.0 Å². The molecule has 0 aromatic heterocycles. The van der Waals surface area contributed by atoms with Crippen molar-refractivity contribution in [1.82, 2.24) is 10.2 Å². The predicted octanol–water partition coefficient (Wildman–Crippen LogP) is 7.36. The Balaban J connectivity index is 1.83. The van der Waals surface area contributed by atoms with E-state index >= 15 is 0 Å². The molecule has 0 saturated heterocycles. The fourth-order valence-corrected chi connectivity index (χ4v) is 6.60. The summed E-state index contributed by atoms with van der Waals surface area (Å²) in [7, 11) is -4.23. The van der Waals surface area contributed by atoms with Crippen molar-refractivity contribution >= 4 is 50.7 Å². The van der Waals surface area contributed by atoms with Gasteiger partial charge in [-0.25, -0.2) is 8.42 Å². The third-order valence-corrected chi connectivity index (χ3v) is 9.81. The molecule has 0 bridgehead atoms. The van der Waals surface area contributed by atoms with Crippen LogP contribution in [-0.2, 0) is 32.6 Å². The highest BCUT2D eigenvalue weighted by Crippen LogP contribution is 2.29. The van der Waals surface area contributed by atoms with Crippen molar-refractivity contribution in [1.29, 1.82) is 0 Å². The summed E-state index contributed by atoms with van der Waals surface area (Å²) < 4.78 is 29.4. The SMILES string of the molecule is Cc1ccc(S(=O)(=O)N(CC(=O)N(Cc2ccc(Cl)cc2)[C@@H](Cc2ccccc2)C(=O)NC(C)(C)C)c2ccc(C)c(Cl)c2)cc1. The number of hydrogen-bond donors (Lipinski definition) is 1. The molecule has 0 aliphatic carbocycles. The van der Waals surface area contributed by atoms with Gasteiger partial charge in [-0.2, -0.15) is 0 Å². The van der Waals surface area contributed by atoms with Crippen LogP contribution in [0.1, 0.15) is 43.0 Å². The van der Waals surface area contributed by atoms with Crippen LogP contribution >= 0.6 is 23.2 Å². The molecule has 0 unspecified atom stereocenters. The Kier molecular flexibility index (Phi) is 11.2. The minimum atomic E-state index is -4.23. The van der Waals surface area contributed by atoms with Gasteiger partial charge in [0, 0.05) is 28.5 Å². The molecule has 0 fully saturated rings. The van der Waals surface area contributed by atoms with Crippen LogP contribution in [0.3, 0.4) is 0 Å². The topological polar surface area (TPSA) is 86.8 Å². The molecular weight excluding hydrogens is 641 g/mol. The number of benzene rings is 4. The predicted molar refractivity (Wildman–Crippen MR) is 186 cm³/mol. The number of nitrogens with zero attached hydrogens (tertiary/aromatic N) is 2. The van der Waals surface area contributed by atoms with E-state index in [-0.39, 0.29) is 29.5 Å². The summed E-state index contributed by atoms with van der Waals surface area (Å²) in [5.41, 5.74) is 2.87. The zero-order valence-electron chi connectivity index (χ0n) is 26.6. The van der Waals surface area contributed by atoms with Gasteiger partial charge in [0.05, 0.1) is 10.6 Å². The molecule has 4 rings (SSSR count). The molecule has 7 nitrogen and oxygen atoms in total. The van der Waals surface area contributed by atoms with Crippen LogP contribution < -0.4 is 9.62 Å². The van der Waals surface area contributed by atoms with Gasteiger partial charge in [-0.1, -0.05) is 89.4 Å². The number of carbonyl (C=O) groups is 2. The first kappa shape index (κ1) is 35.0. The number of carbonyl (C=O) groups excluding carboxylic acids is 2. The van der Waals surface area contributed by atoms with Crippen molar-refractivity contribution < 1.29 is 18.0 Å². The Labute approximate surface area is 282 Å². The maximum Gasteiger partial charge on any atom is 0.264 e. The third kappa shape index (κ3) is 9.12. The molecule has 0 aliphatic rings. The van der Waals surface area contributed by atoms with Crippen LogP contribution in [0.2, 0.25) is 10.0 Å². The average Bonchev–Trinajstić information content (AvgIpc) is 2.99. The molecule has 242 valence electrons. The fourth-order valence-electron chi connectivity index (χ4n) is 4.90. The van der Waals surface area contributed by atoms with Gasteiger partial charge in [0.15, 0.2) is 0 Å². The molecule has 4 aromatic carbocycles. The van der Waals surface area contributed by atoms with Crippen molar-refractivity contribution in [3.63, 3.8) is 0 Å². The summed E-state index contributed by atoms with van der Waals surface area (Å²) in [6.07, 6.45) is 0.211. The third-order valence-electron chi connectivity index (χ3n) is 7.37. The lowest BCUT2D eigenvalue weighted by Crippen LogP contribution is -2.56. The quantitative estimate of drug-likeness (QED) is 0.179. The lowest BCUT2D eigenvalue weighted by molar-refractivity contribution is -0.140. The molecule has 10 heteroatoms. The van der Waals surface area contributed by atoms with Crippen molar-refractivity contribution in [2.45, 2.75) is 64.1 Å². The molecular formula is C36H39Cl2N3O4S. The number of nitrogens with one attached hydrogen (secondary N) is 1. The molecule has 0 radical (unpaired) electrons. The summed E-state index contributed by atoms with van der Waals surface area (Å²) in [5.74, 6) is -0.919. The summed E-state index contributed by atoms with van der Waals surface area (Å²) in [5, 5.41) is 3.91. The normalized spacial score (nSPS) is 12.3. The zero-order chi connectivity index (χ0) is 33.6. The van der Waals surface area contributed by atoms with E-state index in [1.165, 1.54) is 23.1 Å². The molecule has 46 heavy (non-hydrogen) atoms. The Hall–Kier alpha value is -3.85. The molecule has 0 heterocycles. The van der Waals surface area contributed by atoms with Crippen LogP contribution in [0.25, 0.3) is 0 Å². The van der Waals surface area contributed by atoms with Crippen LogP contribution in [-0.4, -0.2) is 43.3 Å². The standard InChI is InChI=1S/C36H39Cl2N3O4S/c1-25-11-19-31(20-12-25)46(44,45)41(30-18-13-26(2)32(38)22-30)24-34(42)40(23-28-14-16-29(37)17-15-28)33(35(43)39-36(3,4)5)21-27-9-7-6-8-10-27/h6-20,22,33H,21,23-24H2,1-5H3,(H,39,43)/t33-/m0/s1. The van der Waals surface area contributed by atoms with Gasteiger partial charge in [-0.3, -0.25) is 13.9 Å². The second kappa shape index (κ2) is 14.7. The van der Waals surface area contributed by atoms with Crippen molar-refractivity contribution in [3.8, 4) is 0 Å². The molecule has 4 aromatic rings. The Morgan fingerprint density at radius 2 is 1.46 bits per heavy atom. The second-order valence-corrected chi connectivity index (χ2v) is 15.1. The first-order chi connectivity index (χ1) is 21.6. The number of aryl methyl sites for hydroxylation is 2. The van der Waals surface area contributed by atoms with Crippen molar-refractivity contribution in [2.24, 2.45) is 0 Å². The molecule has 2 amide bonds. The smallest absolute Gasteiger partial charge is 0.264 e. The van der Waals surface area contributed by atoms with E-state index in [1.807, 2.05) is 65.0 Å². The largest absolute Gasteiger partial charge is 0.350 e. The van der Waals surface area contributed by atoms with E-state index in [9.17, 15) is 18.0 Å². The maximum atomic E-state index is 14.6. The Morgan fingerprint density at radius 3 is 2.04 bits per heavy atom. The van der Waals surface area contributed by atoms with Gasteiger partial charge in [0.1, 0.15) is 12.6 Å². The minimum Gasteiger partial charge on any atom is -0.350 e. The molecule has 0 aliphatic heterocycles. The average molecular weight is 681 g/mol. The maximum absolute atomic E-state index is 14.6. The monoisotopic (exact) mass is 679 g/mol. The number of anilines is 1. The second-order valence-electron chi connectivity index (χ2n) is 12.4. The molecule has 0 spiro atoms. The van der Waals surface area contributed by atoms with Gasteiger partial charge in [-0.05, 0) is 87.7 Å². The lowest BCUT2D eigenvalue weighted by atomic mass is 10.0. The molecule has 1 N–H and O–H groups in total. The van der Waals surface area contributed by atoms with E-state index in [2.05, 4.69) is 5.32 Å². The van der Waals surface area contributed by atoms with E-state index < -0.39 is 34.1 Å². The summed E-state index contributed by atoms with van der Waals surface area (Å²) in [6, 6.07) is 26.7. The van der Waals surface area contributed by atoms with Crippen LogP contribution in [0.5, 0.6) is 0 Å². The fraction of sp³-hybridized carbons (Fsp3) is 0.278. The van der Waals surface area contributed by atoms with Crippen LogP contribution in [0, 0.1) is 13.8 Å². The van der Waals surface area contributed by atoms with Crippen molar-refractivity contribution in [2.75, 3.05) is 10.8 Å². The highest BCUT2D eigenvalue weighted by atomic mass is 35.5. The van der Waals surface area contributed by atoms with E-state index in [4.69, 9.17) is 23.2 Å². The van der Waals surface area contributed by atoms with Gasteiger partial charge in [0.25, 0.3) is 10.0 Å². The summed E-state index contributed by atoms with van der Waals surface area (Å²) in [4.78, 5) is 30.0. The number of halogens is 2. The van der Waals surface area contributed by atoms with Crippen LogP contribution in [0.4, 0.5) is 5.69 Å². The van der Waals surface area contributed by atoms with Crippen molar-refractivity contribution in [3.05, 3.63) is 129 Å². The number of sulfonamides is 1. The summed E-state index contributed by atoms with van der Waals surface area (Å²) >= 11 is 12.6. The highest BCUT2D eigenvalue weighted by molar-refractivity contribution is 7.92. The van der Waals surface area contributed by atoms with Gasteiger partial charge in [-0.15, -0.1) is 0 Å². The van der Waals surface area contributed by atoms with Crippen LogP contribution in [0.15, 0.2) is 102 Å². The Morgan fingerprint density at radius 1 is 0.826 bits per heavy atom. The molecule has 1 atom stereocenters. The zero-order valence-corrected chi connectivity index (χ0v) is 29.0. The number of hydrogen-bond acceptors (Lipinski definition) is 4. The minimum absolute atomic E-state index is 0.0261. The lowest BCUT2D eigenvalue weighted by Gasteiger charge is -2.35. The van der Waals surface area contributed by atoms with Gasteiger partial charge >= 0.3 is 0 Å². The number of rotatable bonds is 11. The highest BCUT2D eigenvalue weighted by Gasteiger charge is 2.35. The van der Waals surface area contributed by atoms with E-state index in [1.54, 1.807) is 48.5 Å². The molecule has 0 saturated carbocycles. The van der Waals surface area contributed by atoms with E-state index in [0.717, 1.165) is 26.6 Å². The summed E-state index contributed by atoms with van der Waals surface area (Å²) in [6.45, 7) is 8.75. The first-order valence-electron chi connectivity index (χ1n) is 14.9. The Bertz CT molecular complexity index is 1770. The van der Waals surface area contributed by atoms with Gasteiger partial charge in [0.2, 0.25) is 11.8 Å². The first-order valence-corrected chi connectivity index (χ1v) is 17.1.